The Hall–Kier alpha value is -2.55. The summed E-state index contributed by atoms with van der Waals surface area (Å²) in [6, 6.07) is 3.27. The second kappa shape index (κ2) is 6.56. The van der Waals surface area contributed by atoms with E-state index < -0.39 is 6.61 Å². The molecule has 144 valence electrons. The molecule has 27 heavy (non-hydrogen) atoms. The Bertz CT molecular complexity index is 854. The predicted molar refractivity (Wildman–Crippen MR) is 95.9 cm³/mol. The largest absolute Gasteiger partial charge is 0.431 e. The van der Waals surface area contributed by atoms with Crippen molar-refractivity contribution < 1.29 is 18.3 Å². The molecule has 2 fully saturated rings. The van der Waals surface area contributed by atoms with Crippen LogP contribution in [0.2, 0.25) is 0 Å². The molecule has 3 heterocycles. The van der Waals surface area contributed by atoms with Crippen LogP contribution in [-0.4, -0.2) is 47.4 Å². The van der Waals surface area contributed by atoms with E-state index in [4.69, 9.17) is 15.5 Å². The van der Waals surface area contributed by atoms with E-state index in [-0.39, 0.29) is 17.2 Å². The summed E-state index contributed by atoms with van der Waals surface area (Å²) in [4.78, 5) is 15.4. The van der Waals surface area contributed by atoms with Gasteiger partial charge < -0.3 is 20.1 Å². The maximum atomic E-state index is 12.6. The van der Waals surface area contributed by atoms with E-state index in [1.165, 1.54) is 12.3 Å². The number of hydrogen-bond donors (Lipinski definition) is 1. The van der Waals surface area contributed by atoms with Gasteiger partial charge in [-0.15, -0.1) is 0 Å². The van der Waals surface area contributed by atoms with Crippen molar-refractivity contribution in [3.05, 3.63) is 24.2 Å². The van der Waals surface area contributed by atoms with Crippen LogP contribution in [0.1, 0.15) is 31.5 Å². The van der Waals surface area contributed by atoms with Gasteiger partial charge in [-0.25, -0.2) is 15.0 Å². The molecule has 1 saturated carbocycles. The lowest BCUT2D eigenvalue weighted by Gasteiger charge is -2.47. The molecule has 0 atom stereocenters. The average molecular weight is 377 g/mol. The van der Waals surface area contributed by atoms with E-state index >= 15 is 0 Å². The number of nitrogens with zero attached hydrogens (tertiary/aromatic N) is 4. The number of halogens is 2. The number of methoxy groups -OCH3 is 1. The van der Waals surface area contributed by atoms with Gasteiger partial charge in [0.2, 0.25) is 0 Å². The van der Waals surface area contributed by atoms with Gasteiger partial charge in [-0.05, 0) is 25.8 Å². The van der Waals surface area contributed by atoms with E-state index in [1.807, 2.05) is 13.0 Å². The Morgan fingerprint density at radius 1 is 1.26 bits per heavy atom. The van der Waals surface area contributed by atoms with Gasteiger partial charge in [0, 0.05) is 43.9 Å². The summed E-state index contributed by atoms with van der Waals surface area (Å²) in [5.74, 6) is 1.66. The van der Waals surface area contributed by atoms with Crippen LogP contribution in [0.3, 0.4) is 0 Å². The molecule has 2 aromatic rings. The molecular formula is C18H21F2N5O2. The summed E-state index contributed by atoms with van der Waals surface area (Å²) in [6.45, 7) is 0.527. The van der Waals surface area contributed by atoms with Crippen molar-refractivity contribution in [2.45, 2.75) is 37.9 Å². The Morgan fingerprint density at radius 2 is 2.00 bits per heavy atom. The van der Waals surface area contributed by atoms with E-state index in [9.17, 15) is 8.78 Å². The highest BCUT2D eigenvalue weighted by Gasteiger charge is 2.40. The fraction of sp³-hybridized carbons (Fsp3) is 0.500. The monoisotopic (exact) mass is 377 g/mol. The lowest BCUT2D eigenvalue weighted by molar-refractivity contribution is -0.0494. The topological polar surface area (TPSA) is 86.4 Å². The number of rotatable bonds is 6. The molecule has 0 radical (unpaired) electrons. The lowest BCUT2D eigenvalue weighted by Crippen LogP contribution is -2.61. The Kier molecular flexibility index (Phi) is 4.33. The van der Waals surface area contributed by atoms with Crippen molar-refractivity contribution in [2.24, 2.45) is 0 Å². The minimum absolute atomic E-state index is 0.0886. The summed E-state index contributed by atoms with van der Waals surface area (Å²) >= 11 is 0. The van der Waals surface area contributed by atoms with Crippen LogP contribution in [-0.2, 0) is 4.74 Å². The third kappa shape index (κ3) is 3.64. The molecule has 0 amide bonds. The normalized spacial score (nSPS) is 18.5. The minimum atomic E-state index is -2.97. The number of alkyl halides is 2. The van der Waals surface area contributed by atoms with Crippen LogP contribution in [0.5, 0.6) is 5.75 Å². The van der Waals surface area contributed by atoms with Crippen LogP contribution in [0.4, 0.5) is 20.4 Å². The number of ether oxygens (including phenoxy) is 2. The van der Waals surface area contributed by atoms with E-state index in [1.54, 1.807) is 7.11 Å². The molecule has 2 aromatic heterocycles. The van der Waals surface area contributed by atoms with Gasteiger partial charge in [0.1, 0.15) is 11.6 Å². The van der Waals surface area contributed by atoms with Crippen molar-refractivity contribution in [1.82, 2.24) is 15.0 Å². The third-order valence-corrected chi connectivity index (χ3v) is 4.93. The highest BCUT2D eigenvalue weighted by atomic mass is 19.3. The van der Waals surface area contributed by atoms with Gasteiger partial charge in [-0.2, -0.15) is 8.78 Å². The van der Waals surface area contributed by atoms with Crippen LogP contribution < -0.4 is 15.4 Å². The van der Waals surface area contributed by atoms with E-state index in [0.717, 1.165) is 37.6 Å². The van der Waals surface area contributed by atoms with Gasteiger partial charge >= 0.3 is 6.61 Å². The van der Waals surface area contributed by atoms with Crippen LogP contribution in [0.15, 0.2) is 18.3 Å². The third-order valence-electron chi connectivity index (χ3n) is 4.93. The average Bonchev–Trinajstić information content (AvgIpc) is 3.45. The number of aromatic nitrogens is 3. The molecule has 1 aliphatic carbocycles. The van der Waals surface area contributed by atoms with Crippen LogP contribution >= 0.6 is 0 Å². The summed E-state index contributed by atoms with van der Waals surface area (Å²) in [6.07, 6.45) is 3.61. The zero-order valence-electron chi connectivity index (χ0n) is 15.2. The van der Waals surface area contributed by atoms with Crippen molar-refractivity contribution >= 4 is 11.6 Å². The van der Waals surface area contributed by atoms with Crippen molar-refractivity contribution in [1.29, 1.82) is 0 Å². The molecule has 4 rings (SSSR count). The molecule has 1 aliphatic heterocycles. The molecule has 0 bridgehead atoms. The summed E-state index contributed by atoms with van der Waals surface area (Å²) < 4.78 is 35.1. The molecule has 7 nitrogen and oxygen atoms in total. The molecular weight excluding hydrogens is 356 g/mol. The second-order valence-corrected chi connectivity index (χ2v) is 7.24. The first kappa shape index (κ1) is 17.8. The highest BCUT2D eigenvalue weighted by Crippen LogP contribution is 2.40. The first-order valence-corrected chi connectivity index (χ1v) is 8.77. The van der Waals surface area contributed by atoms with E-state index in [0.29, 0.717) is 17.2 Å². The van der Waals surface area contributed by atoms with Crippen molar-refractivity contribution in [2.75, 3.05) is 30.8 Å². The number of nitrogen functional groups attached to an aromatic ring is 1. The molecule has 1 saturated heterocycles. The zero-order chi connectivity index (χ0) is 19.2. The Morgan fingerprint density at radius 3 is 2.63 bits per heavy atom. The molecule has 0 unspecified atom stereocenters. The Labute approximate surface area is 155 Å². The summed E-state index contributed by atoms with van der Waals surface area (Å²) in [5.41, 5.74) is 6.61. The highest BCUT2D eigenvalue weighted by molar-refractivity contribution is 5.67. The van der Waals surface area contributed by atoms with Gasteiger partial charge in [0.15, 0.2) is 11.6 Å². The quantitative estimate of drug-likeness (QED) is 0.828. The molecule has 0 spiro atoms. The fourth-order valence-corrected chi connectivity index (χ4v) is 3.12. The maximum Gasteiger partial charge on any atom is 0.387 e. The van der Waals surface area contributed by atoms with Crippen molar-refractivity contribution in [3.8, 4) is 17.0 Å². The van der Waals surface area contributed by atoms with Crippen LogP contribution in [0, 0.1) is 0 Å². The predicted octanol–water partition coefficient (Wildman–Crippen LogP) is 2.82. The van der Waals surface area contributed by atoms with Gasteiger partial charge in [-0.1, -0.05) is 0 Å². The summed E-state index contributed by atoms with van der Waals surface area (Å²) in [7, 11) is 1.70. The van der Waals surface area contributed by atoms with Gasteiger partial charge in [0.05, 0.1) is 11.3 Å². The number of hydrogen-bond acceptors (Lipinski definition) is 7. The molecule has 0 aromatic carbocycles. The van der Waals surface area contributed by atoms with E-state index in [2.05, 4.69) is 19.6 Å². The molecule has 2 N–H and O–H groups in total. The zero-order valence-corrected chi connectivity index (χ0v) is 15.2. The minimum Gasteiger partial charge on any atom is -0.431 e. The summed E-state index contributed by atoms with van der Waals surface area (Å²) in [5, 5.41) is 0. The number of nitrogens with two attached hydrogens (primary N) is 1. The SMILES string of the molecule is COC1(C)CN(c2cc(-c3cnc(N)c(OC(F)F)c3)nc(C3CC3)n2)C1. The number of anilines is 2. The van der Waals surface area contributed by atoms with Gasteiger partial charge in [0.25, 0.3) is 0 Å². The first-order valence-electron chi connectivity index (χ1n) is 8.77. The number of pyridine rings is 1. The fourth-order valence-electron chi connectivity index (χ4n) is 3.12. The molecule has 2 aliphatic rings. The second-order valence-electron chi connectivity index (χ2n) is 7.24. The van der Waals surface area contributed by atoms with Crippen molar-refractivity contribution in [3.63, 3.8) is 0 Å². The van der Waals surface area contributed by atoms with Gasteiger partial charge in [-0.3, -0.25) is 0 Å². The first-order chi connectivity index (χ1) is 12.9. The van der Waals surface area contributed by atoms with Crippen LogP contribution in [0.25, 0.3) is 11.3 Å². The lowest BCUT2D eigenvalue weighted by atomic mass is 9.96. The smallest absolute Gasteiger partial charge is 0.387 e. The standard InChI is InChI=1S/C18H21F2N5O2/c1-18(26-2)8-25(9-18)14-6-12(23-16(24-14)10-3-4-10)11-5-13(27-17(19)20)15(21)22-7-11/h5-7,10,17H,3-4,8-9H2,1-2H3,(H2,21,22). The molecule has 9 heteroatoms. The maximum absolute atomic E-state index is 12.6. The Balaban J connectivity index is 1.68.